The van der Waals surface area contributed by atoms with E-state index in [1.165, 1.54) is 18.5 Å². The second kappa shape index (κ2) is 3.09. The summed E-state index contributed by atoms with van der Waals surface area (Å²) >= 11 is 0. The summed E-state index contributed by atoms with van der Waals surface area (Å²) in [4.78, 5) is 15.9. The molecule has 4 nitrogen and oxygen atoms in total. The van der Waals surface area contributed by atoms with Crippen molar-refractivity contribution in [3.05, 3.63) is 17.2 Å². The minimum atomic E-state index is -0.710. The van der Waals surface area contributed by atoms with Gasteiger partial charge >= 0.3 is 5.97 Å². The zero-order chi connectivity index (χ0) is 11.3. The average Bonchev–Trinajstić information content (AvgIpc) is 3.01. The Kier molecular flexibility index (Phi) is 1.91. The van der Waals surface area contributed by atoms with Gasteiger partial charge in [-0.15, -0.1) is 0 Å². The monoisotopic (exact) mass is 220 g/mol. The van der Waals surface area contributed by atoms with Crippen LogP contribution in [0.2, 0.25) is 0 Å². The molecular formula is C12H16N2O2. The summed E-state index contributed by atoms with van der Waals surface area (Å²) in [7, 11) is 1.97. The molecule has 0 saturated heterocycles. The van der Waals surface area contributed by atoms with Crippen LogP contribution in [0, 0.1) is 0 Å². The molecule has 4 heteroatoms. The van der Waals surface area contributed by atoms with Gasteiger partial charge in [-0.1, -0.05) is 0 Å². The summed E-state index contributed by atoms with van der Waals surface area (Å²) in [6.07, 6.45) is 5.93. The summed E-state index contributed by atoms with van der Waals surface area (Å²) in [6, 6.07) is 0. The molecule has 0 unspecified atom stereocenters. The van der Waals surface area contributed by atoms with E-state index in [9.17, 15) is 9.90 Å². The number of hydrogen-bond acceptors (Lipinski definition) is 2. The quantitative estimate of drug-likeness (QED) is 0.820. The summed E-state index contributed by atoms with van der Waals surface area (Å²) in [5, 5.41) is 9.29. The van der Waals surface area contributed by atoms with Gasteiger partial charge in [-0.2, -0.15) is 0 Å². The van der Waals surface area contributed by atoms with Gasteiger partial charge in [0.2, 0.25) is 0 Å². The fourth-order valence-corrected chi connectivity index (χ4v) is 2.77. The largest absolute Gasteiger partial charge is 0.480 e. The molecule has 2 aliphatic carbocycles. The third kappa shape index (κ3) is 1.16. The van der Waals surface area contributed by atoms with Crippen LogP contribution in [0.4, 0.5) is 0 Å². The Labute approximate surface area is 94.3 Å². The fraction of sp³-hybridized carbons (Fsp3) is 0.667. The Bertz CT molecular complexity index is 458. The molecule has 1 saturated carbocycles. The molecule has 0 atom stereocenters. The van der Waals surface area contributed by atoms with Crippen molar-refractivity contribution in [2.75, 3.05) is 0 Å². The molecule has 0 radical (unpaired) electrons. The number of carboxylic acids is 1. The maximum Gasteiger partial charge on any atom is 0.317 e. The van der Waals surface area contributed by atoms with E-state index in [4.69, 9.17) is 0 Å². The number of aryl methyl sites for hydroxylation is 1. The Hall–Kier alpha value is -1.32. The van der Waals surface area contributed by atoms with E-state index in [0.717, 1.165) is 37.2 Å². The first kappa shape index (κ1) is 9.87. The highest BCUT2D eigenvalue weighted by molar-refractivity contribution is 5.83. The molecule has 1 heterocycles. The molecule has 86 valence electrons. The lowest BCUT2D eigenvalue weighted by Gasteiger charge is -2.13. The van der Waals surface area contributed by atoms with Gasteiger partial charge in [-0.3, -0.25) is 4.79 Å². The third-order valence-corrected chi connectivity index (χ3v) is 3.96. The van der Waals surface area contributed by atoms with Crippen LogP contribution >= 0.6 is 0 Å². The molecule has 0 aromatic carbocycles. The molecule has 1 fully saturated rings. The molecule has 0 bridgehead atoms. The number of carboxylic acid groups (broad SMARTS) is 1. The van der Waals surface area contributed by atoms with Crippen molar-refractivity contribution >= 4 is 5.97 Å². The summed E-state index contributed by atoms with van der Waals surface area (Å²) in [5.41, 5.74) is 1.73. The topological polar surface area (TPSA) is 55.1 Å². The first-order valence-corrected chi connectivity index (χ1v) is 5.93. The van der Waals surface area contributed by atoms with E-state index < -0.39 is 11.4 Å². The second-order valence-electron chi connectivity index (χ2n) is 4.98. The maximum absolute atomic E-state index is 11.3. The highest BCUT2D eigenvalue weighted by Crippen LogP contribution is 2.48. The van der Waals surface area contributed by atoms with E-state index in [2.05, 4.69) is 4.98 Å². The summed E-state index contributed by atoms with van der Waals surface area (Å²) in [5.74, 6) is 0.0739. The Morgan fingerprint density at radius 2 is 2.06 bits per heavy atom. The molecule has 1 aromatic heterocycles. The smallest absolute Gasteiger partial charge is 0.317 e. The van der Waals surface area contributed by atoms with Gasteiger partial charge in [0.05, 0.1) is 5.69 Å². The van der Waals surface area contributed by atoms with E-state index in [1.807, 2.05) is 11.6 Å². The van der Waals surface area contributed by atoms with E-state index in [0.29, 0.717) is 0 Å². The number of fused-ring (bicyclic) bond motifs is 1. The standard InChI is InChI=1S/C12H16N2O2/c1-14-9-5-3-2-4-8(9)13-10(14)12(6-7-12)11(15)16/h2-7H2,1H3,(H,15,16). The van der Waals surface area contributed by atoms with Crippen molar-refractivity contribution in [2.45, 2.75) is 43.9 Å². The number of aliphatic carboxylic acids is 1. The molecule has 1 N–H and O–H groups in total. The molecule has 2 aliphatic rings. The molecule has 1 aromatic rings. The van der Waals surface area contributed by atoms with Crippen LogP contribution in [0.5, 0.6) is 0 Å². The SMILES string of the molecule is Cn1c(C2(C(=O)O)CC2)nc2c1CCCC2. The fourth-order valence-electron chi connectivity index (χ4n) is 2.77. The van der Waals surface area contributed by atoms with Gasteiger partial charge in [0.25, 0.3) is 0 Å². The highest BCUT2D eigenvalue weighted by atomic mass is 16.4. The molecule has 0 spiro atoms. The van der Waals surface area contributed by atoms with Crippen LogP contribution in [-0.2, 0) is 30.1 Å². The lowest BCUT2D eigenvalue weighted by atomic mass is 10.0. The van der Waals surface area contributed by atoms with Crippen molar-refractivity contribution in [3.8, 4) is 0 Å². The predicted octanol–water partition coefficient (Wildman–Crippen LogP) is 1.42. The molecule has 16 heavy (non-hydrogen) atoms. The van der Waals surface area contributed by atoms with Crippen LogP contribution in [0.3, 0.4) is 0 Å². The zero-order valence-electron chi connectivity index (χ0n) is 9.49. The minimum Gasteiger partial charge on any atom is -0.480 e. The van der Waals surface area contributed by atoms with E-state index in [1.54, 1.807) is 0 Å². The van der Waals surface area contributed by atoms with Gasteiger partial charge in [-0.05, 0) is 38.5 Å². The Morgan fingerprint density at radius 3 is 2.62 bits per heavy atom. The zero-order valence-corrected chi connectivity index (χ0v) is 9.49. The van der Waals surface area contributed by atoms with E-state index in [-0.39, 0.29) is 0 Å². The molecular weight excluding hydrogens is 204 g/mol. The van der Waals surface area contributed by atoms with Crippen molar-refractivity contribution in [1.82, 2.24) is 9.55 Å². The lowest BCUT2D eigenvalue weighted by molar-refractivity contribution is -0.140. The Balaban J connectivity index is 2.09. The van der Waals surface area contributed by atoms with Gasteiger partial charge in [0.1, 0.15) is 11.2 Å². The minimum absolute atomic E-state index is 0.661. The van der Waals surface area contributed by atoms with Crippen LogP contribution in [-0.4, -0.2) is 20.6 Å². The van der Waals surface area contributed by atoms with Gasteiger partial charge in [0.15, 0.2) is 0 Å². The van der Waals surface area contributed by atoms with Crippen molar-refractivity contribution in [1.29, 1.82) is 0 Å². The lowest BCUT2D eigenvalue weighted by Crippen LogP contribution is -2.24. The highest BCUT2D eigenvalue weighted by Gasteiger charge is 2.55. The molecule has 3 rings (SSSR count). The first-order chi connectivity index (χ1) is 7.65. The van der Waals surface area contributed by atoms with Gasteiger partial charge < -0.3 is 9.67 Å². The number of aromatic nitrogens is 2. The summed E-state index contributed by atoms with van der Waals surface area (Å²) in [6.45, 7) is 0. The first-order valence-electron chi connectivity index (χ1n) is 5.93. The van der Waals surface area contributed by atoms with Crippen LogP contribution in [0.15, 0.2) is 0 Å². The number of carbonyl (C=O) groups is 1. The van der Waals surface area contributed by atoms with Crippen LogP contribution in [0.1, 0.15) is 42.9 Å². The van der Waals surface area contributed by atoms with Crippen molar-refractivity contribution < 1.29 is 9.90 Å². The number of rotatable bonds is 2. The number of nitrogens with zero attached hydrogens (tertiary/aromatic N) is 2. The Morgan fingerprint density at radius 1 is 1.38 bits per heavy atom. The third-order valence-electron chi connectivity index (χ3n) is 3.96. The second-order valence-corrected chi connectivity index (χ2v) is 4.98. The number of hydrogen-bond donors (Lipinski definition) is 1. The summed E-state index contributed by atoms with van der Waals surface area (Å²) < 4.78 is 2.04. The van der Waals surface area contributed by atoms with Gasteiger partial charge in [-0.25, -0.2) is 4.98 Å². The van der Waals surface area contributed by atoms with E-state index >= 15 is 0 Å². The van der Waals surface area contributed by atoms with Crippen LogP contribution < -0.4 is 0 Å². The molecule has 0 amide bonds. The van der Waals surface area contributed by atoms with Crippen molar-refractivity contribution in [2.24, 2.45) is 7.05 Å². The molecule has 0 aliphatic heterocycles. The normalized spacial score (nSPS) is 21.6. The van der Waals surface area contributed by atoms with Crippen molar-refractivity contribution in [3.63, 3.8) is 0 Å². The average molecular weight is 220 g/mol. The maximum atomic E-state index is 11.3. The predicted molar refractivity (Wildman–Crippen MR) is 58.4 cm³/mol. The van der Waals surface area contributed by atoms with Crippen LogP contribution in [0.25, 0.3) is 0 Å². The number of imidazole rings is 1. The van der Waals surface area contributed by atoms with Gasteiger partial charge in [0, 0.05) is 12.7 Å².